The molecule has 0 heterocycles. The Morgan fingerprint density at radius 1 is 0.676 bits per heavy atom. The van der Waals surface area contributed by atoms with Crippen LogP contribution in [0, 0.1) is 0 Å². The van der Waals surface area contributed by atoms with E-state index in [1.807, 2.05) is 0 Å². The van der Waals surface area contributed by atoms with Crippen molar-refractivity contribution in [2.45, 2.75) is 31.3 Å². The minimum atomic E-state index is -4.14. The second-order valence-corrected chi connectivity index (χ2v) is 11.6. The monoisotopic (exact) mass is 558 g/mol. The van der Waals surface area contributed by atoms with Crippen molar-refractivity contribution in [3.8, 4) is 0 Å². The summed E-state index contributed by atoms with van der Waals surface area (Å²) in [4.78, 5) is 24.3. The lowest BCUT2D eigenvalue weighted by Crippen LogP contribution is -2.45. The number of carbonyl (C=O) groups is 2. The average molecular weight is 559 g/mol. The summed E-state index contributed by atoms with van der Waals surface area (Å²) in [5.74, 6) is -3.27. The lowest BCUT2D eigenvalue weighted by molar-refractivity contribution is -0.154. The summed E-state index contributed by atoms with van der Waals surface area (Å²) in [5, 5.41) is 17.8. The number of benzene rings is 2. The Hall–Kier alpha value is -2.88. The maximum absolute atomic E-state index is 12.6. The van der Waals surface area contributed by atoms with E-state index in [0.29, 0.717) is 11.1 Å². The zero-order valence-corrected chi connectivity index (χ0v) is 21.5. The van der Waals surface area contributed by atoms with Gasteiger partial charge in [-0.15, -0.1) is 0 Å². The van der Waals surface area contributed by atoms with E-state index in [1.165, 1.54) is 0 Å². The fourth-order valence-electron chi connectivity index (χ4n) is 3.36. The van der Waals surface area contributed by atoms with Crippen LogP contribution < -0.4 is 9.44 Å². The molecule has 12 nitrogen and oxygen atoms in total. The zero-order valence-electron chi connectivity index (χ0n) is 19.9. The topological polar surface area (TPSA) is 185 Å². The van der Waals surface area contributed by atoms with Gasteiger partial charge >= 0.3 is 11.9 Å². The van der Waals surface area contributed by atoms with Crippen molar-refractivity contribution in [3.05, 3.63) is 71.8 Å². The molecule has 37 heavy (non-hydrogen) atoms. The van der Waals surface area contributed by atoms with Crippen LogP contribution in [0.15, 0.2) is 60.7 Å². The van der Waals surface area contributed by atoms with Crippen molar-refractivity contribution >= 4 is 32.0 Å². The van der Waals surface area contributed by atoms with Gasteiger partial charge in [-0.05, 0) is 30.4 Å². The first kappa shape index (κ1) is 30.3. The summed E-state index contributed by atoms with van der Waals surface area (Å²) in [6, 6.07) is 14.4. The van der Waals surface area contributed by atoms with E-state index in [-0.39, 0.29) is 19.3 Å². The first-order valence-electron chi connectivity index (χ1n) is 11.2. The second-order valence-electron chi connectivity index (χ2n) is 7.90. The largest absolute Gasteiger partial charge is 0.437 e. The molecule has 2 aromatic rings. The predicted molar refractivity (Wildman–Crippen MR) is 133 cm³/mol. The lowest BCUT2D eigenvalue weighted by atomic mass is 10.1. The van der Waals surface area contributed by atoms with Gasteiger partial charge in [-0.1, -0.05) is 60.7 Å². The summed E-state index contributed by atoms with van der Waals surface area (Å²) < 4.78 is 63.8. The van der Waals surface area contributed by atoms with Gasteiger partial charge in [-0.3, -0.25) is 9.59 Å². The highest BCUT2D eigenvalue weighted by molar-refractivity contribution is 7.90. The van der Waals surface area contributed by atoms with E-state index in [1.54, 1.807) is 60.7 Å². The number of hydrogen-bond donors (Lipinski definition) is 4. The SMILES string of the molecule is O=C(OCO)[C@H](Cc1ccccc1)NS(=O)(=O)CCCS(=O)(=O)N[C@@H](Cc1ccccc1)C(=O)OCO. The van der Waals surface area contributed by atoms with E-state index >= 15 is 0 Å². The first-order valence-corrected chi connectivity index (χ1v) is 14.5. The quantitative estimate of drug-likeness (QED) is 0.153. The van der Waals surface area contributed by atoms with Crippen LogP contribution in [0.25, 0.3) is 0 Å². The highest BCUT2D eigenvalue weighted by atomic mass is 32.2. The van der Waals surface area contributed by atoms with Gasteiger partial charge in [0.05, 0.1) is 11.5 Å². The summed E-state index contributed by atoms with van der Waals surface area (Å²) in [6.07, 6.45) is -0.454. The molecule has 0 aliphatic rings. The molecule has 0 saturated carbocycles. The van der Waals surface area contributed by atoms with Gasteiger partial charge in [0, 0.05) is 0 Å². The van der Waals surface area contributed by atoms with Crippen LogP contribution in [0.4, 0.5) is 0 Å². The van der Waals surface area contributed by atoms with Crippen LogP contribution >= 0.6 is 0 Å². The van der Waals surface area contributed by atoms with Crippen LogP contribution in [0.2, 0.25) is 0 Å². The molecule has 2 aromatic carbocycles. The Kier molecular flexibility index (Phi) is 12.1. The summed E-state index contributed by atoms with van der Waals surface area (Å²) in [5.41, 5.74) is 1.27. The number of aliphatic hydroxyl groups is 2. The van der Waals surface area contributed by atoms with Crippen molar-refractivity contribution in [3.63, 3.8) is 0 Å². The fraction of sp³-hybridized carbons (Fsp3) is 0.391. The number of aliphatic hydroxyl groups excluding tert-OH is 2. The van der Waals surface area contributed by atoms with Crippen molar-refractivity contribution in [1.29, 1.82) is 0 Å². The number of sulfonamides is 2. The predicted octanol–water partition coefficient (Wildman–Crippen LogP) is -0.576. The van der Waals surface area contributed by atoms with Gasteiger partial charge in [0.25, 0.3) is 0 Å². The van der Waals surface area contributed by atoms with Crippen molar-refractivity contribution in [2.75, 3.05) is 25.1 Å². The second kappa shape index (κ2) is 14.8. The fourth-order valence-corrected chi connectivity index (χ4v) is 6.06. The van der Waals surface area contributed by atoms with Crippen molar-refractivity contribution < 1.29 is 46.1 Å². The Labute approximate surface area is 215 Å². The molecule has 2 atom stereocenters. The molecule has 0 aliphatic heterocycles. The highest BCUT2D eigenvalue weighted by Crippen LogP contribution is 2.09. The van der Waals surface area contributed by atoms with E-state index in [4.69, 9.17) is 10.2 Å². The molecule has 2 rings (SSSR count). The Balaban J connectivity index is 2.00. The minimum absolute atomic E-state index is 0.0487. The van der Waals surface area contributed by atoms with Gasteiger partial charge in [0.2, 0.25) is 20.0 Å². The van der Waals surface area contributed by atoms with E-state index in [0.717, 1.165) is 0 Å². The summed E-state index contributed by atoms with van der Waals surface area (Å²) in [7, 11) is -8.28. The van der Waals surface area contributed by atoms with Gasteiger partial charge in [0.1, 0.15) is 12.1 Å². The number of nitrogens with one attached hydrogen (secondary N) is 2. The van der Waals surface area contributed by atoms with Crippen LogP contribution in [0.5, 0.6) is 0 Å². The van der Waals surface area contributed by atoms with Crippen molar-refractivity contribution in [1.82, 2.24) is 9.44 Å². The third-order valence-electron chi connectivity index (χ3n) is 5.02. The zero-order chi connectivity index (χ0) is 27.3. The normalized spacial score (nSPS) is 13.5. The maximum atomic E-state index is 12.6. The van der Waals surface area contributed by atoms with Crippen molar-refractivity contribution in [2.24, 2.45) is 0 Å². The number of ether oxygens (including phenoxy) is 2. The Morgan fingerprint density at radius 2 is 1.03 bits per heavy atom. The molecule has 0 saturated heterocycles. The molecular formula is C23H30N2O10S2. The van der Waals surface area contributed by atoms with Crippen LogP contribution in [0.1, 0.15) is 17.5 Å². The molecule has 0 spiro atoms. The van der Waals surface area contributed by atoms with Gasteiger partial charge in [0.15, 0.2) is 13.6 Å². The molecule has 0 unspecified atom stereocenters. The number of hydrogen-bond acceptors (Lipinski definition) is 10. The molecule has 4 N–H and O–H groups in total. The number of esters is 2. The Bertz CT molecular complexity index is 1110. The van der Waals surface area contributed by atoms with E-state index < -0.39 is 69.2 Å². The molecule has 0 aromatic heterocycles. The maximum Gasteiger partial charge on any atom is 0.326 e. The van der Waals surface area contributed by atoms with E-state index in [9.17, 15) is 26.4 Å². The summed E-state index contributed by atoms with van der Waals surface area (Å²) in [6.45, 7) is -1.86. The molecule has 0 fully saturated rings. The smallest absolute Gasteiger partial charge is 0.326 e. The molecular weight excluding hydrogens is 528 g/mol. The van der Waals surface area contributed by atoms with E-state index in [2.05, 4.69) is 18.9 Å². The van der Waals surface area contributed by atoms with Gasteiger partial charge in [-0.2, -0.15) is 0 Å². The first-order chi connectivity index (χ1) is 17.5. The third kappa shape index (κ3) is 11.4. The van der Waals surface area contributed by atoms with Crippen LogP contribution in [0.3, 0.4) is 0 Å². The summed E-state index contributed by atoms with van der Waals surface area (Å²) >= 11 is 0. The third-order valence-corrected chi connectivity index (χ3v) is 7.96. The molecule has 204 valence electrons. The molecule has 0 bridgehead atoms. The number of rotatable bonds is 16. The van der Waals surface area contributed by atoms with Gasteiger partial charge < -0.3 is 19.7 Å². The van der Waals surface area contributed by atoms with Gasteiger partial charge in [-0.25, -0.2) is 26.3 Å². The molecule has 0 amide bonds. The molecule has 0 radical (unpaired) electrons. The van der Waals surface area contributed by atoms with Crippen LogP contribution in [-0.2, 0) is 52.0 Å². The molecule has 14 heteroatoms. The minimum Gasteiger partial charge on any atom is -0.437 e. The molecule has 0 aliphatic carbocycles. The highest BCUT2D eigenvalue weighted by Gasteiger charge is 2.28. The lowest BCUT2D eigenvalue weighted by Gasteiger charge is -2.18. The van der Waals surface area contributed by atoms with Crippen LogP contribution in [-0.4, -0.2) is 76.2 Å². The average Bonchev–Trinajstić information content (AvgIpc) is 2.84. The Morgan fingerprint density at radius 3 is 1.35 bits per heavy atom. The standard InChI is InChI=1S/C23H30N2O10S2/c26-16-34-22(28)20(14-18-8-3-1-4-9-18)24-36(30,31)12-7-13-37(32,33)25-21(23(29)35-17-27)15-19-10-5-2-6-11-19/h1-6,8-11,20-21,24-27H,7,12-17H2/t20-,21-/m0/s1. The number of carbonyl (C=O) groups excluding carboxylic acids is 2.